The van der Waals surface area contributed by atoms with Gasteiger partial charge in [0.25, 0.3) is 0 Å². The SMILES string of the molecule is N[C@@H]1CC(CC2CCCCC2)Oc2ccc(F)cc21. The average Bonchev–Trinajstić information content (AvgIpc) is 2.41. The van der Waals surface area contributed by atoms with E-state index < -0.39 is 0 Å². The molecule has 0 bridgehead atoms. The monoisotopic (exact) mass is 263 g/mol. The van der Waals surface area contributed by atoms with Crippen molar-refractivity contribution >= 4 is 0 Å². The van der Waals surface area contributed by atoms with Crippen LogP contribution in [0.3, 0.4) is 0 Å². The fourth-order valence-corrected chi connectivity index (χ4v) is 3.49. The third kappa shape index (κ3) is 2.92. The zero-order chi connectivity index (χ0) is 13.2. The Kier molecular flexibility index (Phi) is 3.74. The standard InChI is InChI=1S/C16H22FNO/c17-12-6-7-16-14(9-12)15(18)10-13(19-16)8-11-4-2-1-3-5-11/h6-7,9,11,13,15H,1-5,8,10,18H2/t13?,15-/m1/s1. The third-order valence-corrected chi connectivity index (χ3v) is 4.50. The maximum absolute atomic E-state index is 13.2. The van der Waals surface area contributed by atoms with Gasteiger partial charge in [0.1, 0.15) is 17.7 Å². The molecule has 104 valence electrons. The Bertz CT molecular complexity index is 442. The molecule has 0 aromatic heterocycles. The van der Waals surface area contributed by atoms with E-state index in [1.165, 1.54) is 44.2 Å². The number of nitrogens with two attached hydrogens (primary N) is 1. The van der Waals surface area contributed by atoms with Gasteiger partial charge >= 0.3 is 0 Å². The Morgan fingerprint density at radius 1 is 1.21 bits per heavy atom. The van der Waals surface area contributed by atoms with Crippen molar-refractivity contribution in [3.05, 3.63) is 29.6 Å². The van der Waals surface area contributed by atoms with Crippen LogP contribution in [0.1, 0.15) is 56.6 Å². The molecule has 0 spiro atoms. The van der Waals surface area contributed by atoms with Gasteiger partial charge in [-0.3, -0.25) is 0 Å². The molecular formula is C16H22FNO. The van der Waals surface area contributed by atoms with Gasteiger partial charge in [-0.25, -0.2) is 4.39 Å². The molecule has 0 amide bonds. The van der Waals surface area contributed by atoms with E-state index in [9.17, 15) is 4.39 Å². The van der Waals surface area contributed by atoms with Gasteiger partial charge in [0, 0.05) is 18.0 Å². The summed E-state index contributed by atoms with van der Waals surface area (Å²) in [6, 6.07) is 4.59. The predicted octanol–water partition coefficient (Wildman–Crippen LogP) is 3.95. The second-order valence-corrected chi connectivity index (χ2v) is 6.00. The molecule has 0 saturated heterocycles. The van der Waals surface area contributed by atoms with Gasteiger partial charge < -0.3 is 10.5 Å². The first kappa shape index (κ1) is 12.9. The van der Waals surface area contributed by atoms with Crippen LogP contribution in [0.5, 0.6) is 5.75 Å². The van der Waals surface area contributed by atoms with Crippen LogP contribution in [0.25, 0.3) is 0 Å². The molecule has 2 N–H and O–H groups in total. The van der Waals surface area contributed by atoms with E-state index in [0.717, 1.165) is 30.1 Å². The lowest BCUT2D eigenvalue weighted by atomic mass is 9.83. The normalized spacial score (nSPS) is 27.7. The van der Waals surface area contributed by atoms with Crippen molar-refractivity contribution in [1.29, 1.82) is 0 Å². The van der Waals surface area contributed by atoms with Crippen molar-refractivity contribution in [2.45, 2.75) is 57.1 Å². The highest BCUT2D eigenvalue weighted by molar-refractivity contribution is 5.38. The summed E-state index contributed by atoms with van der Waals surface area (Å²) in [6.07, 6.45) is 8.85. The van der Waals surface area contributed by atoms with Gasteiger partial charge in [0.05, 0.1) is 0 Å². The first-order chi connectivity index (χ1) is 9.22. The maximum Gasteiger partial charge on any atom is 0.124 e. The molecule has 0 radical (unpaired) electrons. The lowest BCUT2D eigenvalue weighted by Gasteiger charge is -2.33. The van der Waals surface area contributed by atoms with Crippen molar-refractivity contribution in [3.63, 3.8) is 0 Å². The van der Waals surface area contributed by atoms with Crippen molar-refractivity contribution in [2.24, 2.45) is 11.7 Å². The number of hydrogen-bond donors (Lipinski definition) is 1. The molecule has 1 aliphatic carbocycles. The van der Waals surface area contributed by atoms with Crippen LogP contribution in [0.15, 0.2) is 18.2 Å². The second-order valence-electron chi connectivity index (χ2n) is 6.00. The zero-order valence-electron chi connectivity index (χ0n) is 11.3. The molecular weight excluding hydrogens is 241 g/mol. The van der Waals surface area contributed by atoms with E-state index in [4.69, 9.17) is 10.5 Å². The summed E-state index contributed by atoms with van der Waals surface area (Å²) < 4.78 is 19.2. The number of halogens is 1. The number of benzene rings is 1. The topological polar surface area (TPSA) is 35.2 Å². The van der Waals surface area contributed by atoms with E-state index >= 15 is 0 Å². The van der Waals surface area contributed by atoms with Crippen LogP contribution < -0.4 is 10.5 Å². The molecule has 3 heteroatoms. The molecule has 1 aromatic rings. The van der Waals surface area contributed by atoms with Crippen LogP contribution in [-0.2, 0) is 0 Å². The first-order valence-corrected chi connectivity index (χ1v) is 7.44. The highest BCUT2D eigenvalue weighted by Crippen LogP contribution is 2.37. The van der Waals surface area contributed by atoms with Crippen molar-refractivity contribution in [1.82, 2.24) is 0 Å². The molecule has 19 heavy (non-hydrogen) atoms. The lowest BCUT2D eigenvalue weighted by Crippen LogP contribution is -2.31. The first-order valence-electron chi connectivity index (χ1n) is 7.44. The molecule has 2 nitrogen and oxygen atoms in total. The molecule has 1 heterocycles. The molecule has 1 saturated carbocycles. The Labute approximate surface area is 114 Å². The number of hydrogen-bond acceptors (Lipinski definition) is 2. The van der Waals surface area contributed by atoms with Crippen molar-refractivity contribution in [2.75, 3.05) is 0 Å². The van der Waals surface area contributed by atoms with Crippen LogP contribution >= 0.6 is 0 Å². The molecule has 1 aliphatic heterocycles. The fourth-order valence-electron chi connectivity index (χ4n) is 3.49. The summed E-state index contributed by atoms with van der Waals surface area (Å²) in [4.78, 5) is 0. The van der Waals surface area contributed by atoms with Crippen molar-refractivity contribution < 1.29 is 9.13 Å². The van der Waals surface area contributed by atoms with Gasteiger partial charge in [-0.05, 0) is 30.5 Å². The van der Waals surface area contributed by atoms with E-state index in [1.807, 2.05) is 0 Å². The van der Waals surface area contributed by atoms with Gasteiger partial charge in [0.2, 0.25) is 0 Å². The maximum atomic E-state index is 13.2. The molecule has 1 unspecified atom stereocenters. The Morgan fingerprint density at radius 3 is 2.79 bits per heavy atom. The highest BCUT2D eigenvalue weighted by atomic mass is 19.1. The second kappa shape index (κ2) is 5.49. The molecule has 1 aromatic carbocycles. The summed E-state index contributed by atoms with van der Waals surface area (Å²) in [5.41, 5.74) is 6.98. The largest absolute Gasteiger partial charge is 0.490 e. The summed E-state index contributed by atoms with van der Waals surface area (Å²) in [5.74, 6) is 1.33. The smallest absolute Gasteiger partial charge is 0.124 e. The quantitative estimate of drug-likeness (QED) is 0.877. The zero-order valence-corrected chi connectivity index (χ0v) is 11.3. The van der Waals surface area contributed by atoms with E-state index in [-0.39, 0.29) is 18.0 Å². The molecule has 2 aliphatic rings. The van der Waals surface area contributed by atoms with Gasteiger partial charge in [-0.15, -0.1) is 0 Å². The van der Waals surface area contributed by atoms with Crippen LogP contribution in [0.4, 0.5) is 4.39 Å². The van der Waals surface area contributed by atoms with Crippen molar-refractivity contribution in [3.8, 4) is 5.75 Å². The van der Waals surface area contributed by atoms with Gasteiger partial charge in [-0.1, -0.05) is 32.1 Å². The molecule has 1 fully saturated rings. The van der Waals surface area contributed by atoms with Crippen LogP contribution in [0.2, 0.25) is 0 Å². The Morgan fingerprint density at radius 2 is 2.00 bits per heavy atom. The fraction of sp³-hybridized carbons (Fsp3) is 0.625. The summed E-state index contributed by atoms with van der Waals surface area (Å²) in [7, 11) is 0. The Hall–Kier alpha value is -1.09. The number of rotatable bonds is 2. The molecule has 2 atom stereocenters. The van der Waals surface area contributed by atoms with Gasteiger partial charge in [-0.2, -0.15) is 0 Å². The predicted molar refractivity (Wildman–Crippen MR) is 73.6 cm³/mol. The van der Waals surface area contributed by atoms with E-state index in [2.05, 4.69) is 0 Å². The minimum absolute atomic E-state index is 0.0898. The highest BCUT2D eigenvalue weighted by Gasteiger charge is 2.28. The number of ether oxygens (including phenoxy) is 1. The van der Waals surface area contributed by atoms with E-state index in [1.54, 1.807) is 6.07 Å². The summed E-state index contributed by atoms with van der Waals surface area (Å²) in [5, 5.41) is 0. The van der Waals surface area contributed by atoms with Crippen LogP contribution in [0, 0.1) is 11.7 Å². The third-order valence-electron chi connectivity index (χ3n) is 4.50. The van der Waals surface area contributed by atoms with Crippen LogP contribution in [-0.4, -0.2) is 6.10 Å². The minimum Gasteiger partial charge on any atom is -0.490 e. The molecule has 3 rings (SSSR count). The number of fused-ring (bicyclic) bond motifs is 1. The summed E-state index contributed by atoms with van der Waals surface area (Å²) in [6.45, 7) is 0. The average molecular weight is 263 g/mol. The van der Waals surface area contributed by atoms with Gasteiger partial charge in [0.15, 0.2) is 0 Å². The Balaban J connectivity index is 1.68. The minimum atomic E-state index is -0.233. The van der Waals surface area contributed by atoms with E-state index in [0.29, 0.717) is 0 Å². The summed E-state index contributed by atoms with van der Waals surface area (Å²) >= 11 is 0. The lowest BCUT2D eigenvalue weighted by molar-refractivity contribution is 0.120.